The predicted octanol–water partition coefficient (Wildman–Crippen LogP) is 1.99. The van der Waals surface area contributed by atoms with Gasteiger partial charge in [0.25, 0.3) is 0 Å². The number of benzene rings is 1. The van der Waals surface area contributed by atoms with Crippen molar-refractivity contribution in [2.24, 2.45) is 0 Å². The van der Waals surface area contributed by atoms with Crippen molar-refractivity contribution in [2.45, 2.75) is 24.7 Å². The van der Waals surface area contributed by atoms with Crippen LogP contribution in [0.5, 0.6) is 0 Å². The van der Waals surface area contributed by atoms with Gasteiger partial charge in [-0.1, -0.05) is 6.07 Å². The first-order valence-electron chi connectivity index (χ1n) is 5.69. The number of methoxy groups -OCH3 is 1. The quantitative estimate of drug-likeness (QED) is 0.629. The van der Waals surface area contributed by atoms with Gasteiger partial charge < -0.3 is 4.74 Å². The normalized spacial score (nSPS) is 11.3. The van der Waals surface area contributed by atoms with Gasteiger partial charge in [0.15, 0.2) is 0 Å². The average molecular weight is 350 g/mol. The van der Waals surface area contributed by atoms with E-state index in [1.165, 1.54) is 7.11 Å². The second kappa shape index (κ2) is 7.02. The van der Waals surface area contributed by atoms with Crippen LogP contribution in [0.4, 0.5) is 0 Å². The molecular weight excluding hydrogens is 334 g/mol. The van der Waals surface area contributed by atoms with Crippen molar-refractivity contribution in [3.63, 3.8) is 0 Å². The number of hydrogen-bond acceptors (Lipinski definition) is 4. The van der Waals surface area contributed by atoms with Crippen LogP contribution in [0.3, 0.4) is 0 Å². The number of aryl methyl sites for hydroxylation is 1. The van der Waals surface area contributed by atoms with E-state index in [0.717, 1.165) is 5.56 Å². The summed E-state index contributed by atoms with van der Waals surface area (Å²) in [7, 11) is -2.26. The predicted molar refractivity (Wildman–Crippen MR) is 75.3 cm³/mol. The van der Waals surface area contributed by atoms with Gasteiger partial charge in [-0.2, -0.15) is 0 Å². The molecule has 19 heavy (non-hydrogen) atoms. The second-order valence-corrected chi connectivity index (χ2v) is 6.60. The molecule has 106 valence electrons. The van der Waals surface area contributed by atoms with E-state index < -0.39 is 10.0 Å². The molecule has 0 spiro atoms. The first-order valence-corrected chi connectivity index (χ1v) is 7.97. The lowest BCUT2D eigenvalue weighted by Gasteiger charge is -2.08. The smallest absolute Gasteiger partial charge is 0.305 e. The Morgan fingerprint density at radius 3 is 2.68 bits per heavy atom. The summed E-state index contributed by atoms with van der Waals surface area (Å²) in [6.07, 6.45) is 0.587. The Morgan fingerprint density at radius 2 is 2.11 bits per heavy atom. The summed E-state index contributed by atoms with van der Waals surface area (Å²) in [6, 6.07) is 5.01. The summed E-state index contributed by atoms with van der Waals surface area (Å²) in [6.45, 7) is 2.07. The fourth-order valence-electron chi connectivity index (χ4n) is 1.44. The third-order valence-corrected chi connectivity index (χ3v) is 4.89. The maximum Gasteiger partial charge on any atom is 0.305 e. The van der Waals surface area contributed by atoms with Crippen molar-refractivity contribution in [3.8, 4) is 0 Å². The summed E-state index contributed by atoms with van der Waals surface area (Å²) in [5.74, 6) is -0.351. The molecule has 0 aliphatic carbocycles. The molecule has 0 aliphatic rings. The highest BCUT2D eigenvalue weighted by Gasteiger charge is 2.16. The van der Waals surface area contributed by atoms with Crippen molar-refractivity contribution in [1.29, 1.82) is 0 Å². The SMILES string of the molecule is COC(=O)CCCNS(=O)(=O)c1ccc(C)cc1Br. The minimum atomic E-state index is -3.56. The van der Waals surface area contributed by atoms with Gasteiger partial charge in [-0.15, -0.1) is 0 Å². The summed E-state index contributed by atoms with van der Waals surface area (Å²) >= 11 is 3.23. The highest BCUT2D eigenvalue weighted by molar-refractivity contribution is 9.10. The largest absolute Gasteiger partial charge is 0.469 e. The molecule has 0 amide bonds. The summed E-state index contributed by atoms with van der Waals surface area (Å²) in [5, 5.41) is 0. The summed E-state index contributed by atoms with van der Waals surface area (Å²) in [5.41, 5.74) is 0.969. The number of carbonyl (C=O) groups excluding carboxylic acids is 1. The summed E-state index contributed by atoms with van der Waals surface area (Å²) in [4.78, 5) is 11.1. The van der Waals surface area contributed by atoms with Gasteiger partial charge in [-0.05, 0) is 47.0 Å². The Hall–Kier alpha value is -0.920. The minimum absolute atomic E-state index is 0.189. The van der Waals surface area contributed by atoms with Gasteiger partial charge in [0.1, 0.15) is 0 Å². The highest BCUT2D eigenvalue weighted by Crippen LogP contribution is 2.22. The number of sulfonamides is 1. The Labute approximate surface area is 121 Å². The number of halogens is 1. The fraction of sp³-hybridized carbons (Fsp3) is 0.417. The van der Waals surface area contributed by atoms with E-state index in [1.807, 2.05) is 6.92 Å². The zero-order chi connectivity index (χ0) is 14.5. The lowest BCUT2D eigenvalue weighted by molar-refractivity contribution is -0.140. The second-order valence-electron chi connectivity index (χ2n) is 4.01. The first kappa shape index (κ1) is 16.1. The molecular formula is C12H16BrNO4S. The molecule has 0 atom stereocenters. The minimum Gasteiger partial charge on any atom is -0.469 e. The molecule has 1 aromatic carbocycles. The summed E-state index contributed by atoms with van der Waals surface area (Å²) < 4.78 is 31.5. The molecule has 0 aliphatic heterocycles. The maximum absolute atomic E-state index is 12.0. The number of esters is 1. The molecule has 1 N–H and O–H groups in total. The van der Waals surface area contributed by atoms with Gasteiger partial charge in [-0.3, -0.25) is 4.79 Å². The Bertz CT molecular complexity index is 557. The molecule has 0 heterocycles. The Morgan fingerprint density at radius 1 is 1.42 bits per heavy atom. The van der Waals surface area contributed by atoms with Crippen molar-refractivity contribution in [2.75, 3.05) is 13.7 Å². The van der Waals surface area contributed by atoms with Crippen LogP contribution >= 0.6 is 15.9 Å². The molecule has 0 saturated heterocycles. The molecule has 0 bridgehead atoms. The van der Waals surface area contributed by atoms with Gasteiger partial charge in [0, 0.05) is 17.4 Å². The van der Waals surface area contributed by atoms with Crippen molar-refractivity contribution in [3.05, 3.63) is 28.2 Å². The van der Waals surface area contributed by atoms with Gasteiger partial charge in [-0.25, -0.2) is 13.1 Å². The van der Waals surface area contributed by atoms with Gasteiger partial charge >= 0.3 is 5.97 Å². The topological polar surface area (TPSA) is 72.5 Å². The third-order valence-electron chi connectivity index (χ3n) is 2.45. The lowest BCUT2D eigenvalue weighted by atomic mass is 10.2. The van der Waals surface area contributed by atoms with Crippen LogP contribution in [-0.4, -0.2) is 28.0 Å². The van der Waals surface area contributed by atoms with Gasteiger partial charge in [0.05, 0.1) is 12.0 Å². The molecule has 1 aromatic rings. The molecule has 0 aromatic heterocycles. The van der Waals surface area contributed by atoms with Crippen LogP contribution in [0.25, 0.3) is 0 Å². The van der Waals surface area contributed by atoms with E-state index in [-0.39, 0.29) is 23.8 Å². The highest BCUT2D eigenvalue weighted by atomic mass is 79.9. The van der Waals surface area contributed by atoms with E-state index >= 15 is 0 Å². The van der Waals surface area contributed by atoms with E-state index in [9.17, 15) is 13.2 Å². The number of hydrogen-bond donors (Lipinski definition) is 1. The Kier molecular flexibility index (Phi) is 5.96. The monoisotopic (exact) mass is 349 g/mol. The zero-order valence-electron chi connectivity index (χ0n) is 10.8. The molecule has 0 unspecified atom stereocenters. The molecule has 1 rings (SSSR count). The van der Waals surface area contributed by atoms with E-state index in [0.29, 0.717) is 10.9 Å². The van der Waals surface area contributed by atoms with Crippen LogP contribution in [0.2, 0.25) is 0 Å². The molecule has 0 radical (unpaired) electrons. The van der Waals surface area contributed by atoms with Crippen LogP contribution in [0, 0.1) is 6.92 Å². The fourth-order valence-corrected chi connectivity index (χ4v) is 3.71. The van der Waals surface area contributed by atoms with E-state index in [1.54, 1.807) is 18.2 Å². The van der Waals surface area contributed by atoms with Crippen molar-refractivity contribution >= 4 is 31.9 Å². The van der Waals surface area contributed by atoms with Gasteiger partial charge in [0.2, 0.25) is 10.0 Å². The maximum atomic E-state index is 12.0. The Balaban J connectivity index is 2.63. The number of carbonyl (C=O) groups is 1. The number of nitrogens with one attached hydrogen (secondary N) is 1. The molecule has 0 fully saturated rings. The van der Waals surface area contributed by atoms with E-state index in [4.69, 9.17) is 0 Å². The molecule has 5 nitrogen and oxygen atoms in total. The lowest BCUT2D eigenvalue weighted by Crippen LogP contribution is -2.25. The zero-order valence-corrected chi connectivity index (χ0v) is 13.2. The molecule has 0 saturated carbocycles. The molecule has 7 heteroatoms. The number of rotatable bonds is 6. The average Bonchev–Trinajstić information content (AvgIpc) is 2.33. The van der Waals surface area contributed by atoms with E-state index in [2.05, 4.69) is 25.4 Å². The standard InChI is InChI=1S/C12H16BrNO4S/c1-9-5-6-11(10(13)8-9)19(16,17)14-7-3-4-12(15)18-2/h5-6,8,14H,3-4,7H2,1-2H3. The van der Waals surface area contributed by atoms with Crippen molar-refractivity contribution < 1.29 is 17.9 Å². The van der Waals surface area contributed by atoms with Crippen LogP contribution in [-0.2, 0) is 19.6 Å². The van der Waals surface area contributed by atoms with Crippen LogP contribution in [0.1, 0.15) is 18.4 Å². The van der Waals surface area contributed by atoms with Crippen LogP contribution in [0.15, 0.2) is 27.6 Å². The third kappa shape index (κ3) is 4.93. The number of ether oxygens (including phenoxy) is 1. The van der Waals surface area contributed by atoms with Crippen molar-refractivity contribution in [1.82, 2.24) is 4.72 Å². The first-order chi connectivity index (χ1) is 8.86. The van der Waals surface area contributed by atoms with Crippen LogP contribution < -0.4 is 4.72 Å².